The molecule has 9 heteroatoms. The van der Waals surface area contributed by atoms with Gasteiger partial charge in [-0.15, -0.1) is 0 Å². The molecule has 0 bridgehead atoms. The van der Waals surface area contributed by atoms with Crippen LogP contribution in [-0.2, 0) is 4.79 Å². The molecule has 8 nitrogen and oxygen atoms in total. The minimum atomic E-state index is -1.02. The van der Waals surface area contributed by atoms with Crippen molar-refractivity contribution in [1.29, 1.82) is 0 Å². The Morgan fingerprint density at radius 3 is 2.51 bits per heavy atom. The van der Waals surface area contributed by atoms with Crippen LogP contribution >= 0.6 is 15.9 Å². The number of halogens is 1. The van der Waals surface area contributed by atoms with Gasteiger partial charge in [-0.05, 0) is 75.7 Å². The molecule has 0 saturated heterocycles. The summed E-state index contributed by atoms with van der Waals surface area (Å²) < 4.78 is 9.72. The molecule has 4 aromatic rings. The maximum atomic E-state index is 13.4. The van der Waals surface area contributed by atoms with Gasteiger partial charge >= 0.3 is 5.97 Å². The van der Waals surface area contributed by atoms with Crippen molar-refractivity contribution in [3.05, 3.63) is 86.1 Å². The van der Waals surface area contributed by atoms with E-state index in [0.29, 0.717) is 22.5 Å². The van der Waals surface area contributed by atoms with E-state index in [1.54, 1.807) is 24.4 Å². The Morgan fingerprint density at radius 1 is 1.16 bits per heavy atom. The molecule has 4 rings (SSSR count). The van der Waals surface area contributed by atoms with Crippen LogP contribution in [0.5, 0.6) is 5.75 Å². The molecule has 192 valence electrons. The van der Waals surface area contributed by atoms with Crippen molar-refractivity contribution in [2.24, 2.45) is 5.10 Å². The summed E-state index contributed by atoms with van der Waals surface area (Å²) >= 11 is 3.44. The van der Waals surface area contributed by atoms with Crippen molar-refractivity contribution in [2.75, 3.05) is 0 Å². The van der Waals surface area contributed by atoms with Crippen LogP contribution in [0.25, 0.3) is 16.6 Å². The van der Waals surface area contributed by atoms with Gasteiger partial charge in [0, 0.05) is 33.0 Å². The molecule has 0 spiro atoms. The summed E-state index contributed by atoms with van der Waals surface area (Å²) in [5.74, 6) is 0.138. The minimum absolute atomic E-state index is 0.0508. The Morgan fingerprint density at radius 2 is 1.86 bits per heavy atom. The third kappa shape index (κ3) is 5.36. The van der Waals surface area contributed by atoms with Gasteiger partial charge < -0.3 is 14.4 Å². The number of aliphatic carboxylic acids is 1. The normalized spacial score (nSPS) is 13.2. The number of fused-ring (bicyclic) bond motifs is 1. The van der Waals surface area contributed by atoms with Crippen LogP contribution in [0.3, 0.4) is 0 Å². The lowest BCUT2D eigenvalue weighted by Gasteiger charge is -2.14. The Hall–Kier alpha value is -3.72. The molecule has 0 aliphatic heterocycles. The van der Waals surface area contributed by atoms with Gasteiger partial charge in [0.1, 0.15) is 11.6 Å². The molecular weight excluding hydrogens is 536 g/mol. The predicted octanol–water partition coefficient (Wildman–Crippen LogP) is 5.81. The number of rotatable bonds is 8. The van der Waals surface area contributed by atoms with Gasteiger partial charge in [0.2, 0.25) is 0 Å². The smallest absolute Gasteiger partial charge is 0.344 e. The van der Waals surface area contributed by atoms with Crippen molar-refractivity contribution in [1.82, 2.24) is 14.2 Å². The molecule has 0 unspecified atom stereocenters. The zero-order valence-corrected chi connectivity index (χ0v) is 23.0. The number of benzene rings is 2. The van der Waals surface area contributed by atoms with E-state index in [-0.39, 0.29) is 11.5 Å². The van der Waals surface area contributed by atoms with Crippen LogP contribution in [0.4, 0.5) is 0 Å². The third-order valence-electron chi connectivity index (χ3n) is 6.42. The van der Waals surface area contributed by atoms with Crippen molar-refractivity contribution in [3.63, 3.8) is 0 Å². The molecule has 0 saturated carbocycles. The van der Waals surface area contributed by atoms with E-state index in [4.69, 9.17) is 14.8 Å². The number of ether oxygens (including phenoxy) is 1. The fourth-order valence-corrected chi connectivity index (χ4v) is 4.50. The fraction of sp³-hybridized carbons (Fsp3) is 0.286. The molecule has 0 fully saturated rings. The predicted molar refractivity (Wildman–Crippen MR) is 148 cm³/mol. The van der Waals surface area contributed by atoms with E-state index in [0.717, 1.165) is 33.5 Å². The number of nitrogens with zero attached hydrogens (tertiary/aromatic N) is 4. The lowest BCUT2D eigenvalue weighted by molar-refractivity contribution is -0.144. The van der Waals surface area contributed by atoms with Crippen LogP contribution in [0.15, 0.2) is 62.9 Å². The fourth-order valence-electron chi connectivity index (χ4n) is 4.14. The van der Waals surface area contributed by atoms with Crippen molar-refractivity contribution in [2.45, 2.75) is 53.1 Å². The number of aromatic nitrogens is 3. The zero-order chi connectivity index (χ0) is 26.9. The molecule has 0 amide bonds. The molecule has 1 N–H and O–H groups in total. The monoisotopic (exact) mass is 564 g/mol. The third-order valence-corrected chi connectivity index (χ3v) is 6.92. The molecule has 37 heavy (non-hydrogen) atoms. The van der Waals surface area contributed by atoms with Gasteiger partial charge in [0.05, 0.1) is 17.1 Å². The van der Waals surface area contributed by atoms with Gasteiger partial charge in [-0.25, -0.2) is 9.78 Å². The first-order valence-corrected chi connectivity index (χ1v) is 12.8. The quantitative estimate of drug-likeness (QED) is 0.272. The maximum absolute atomic E-state index is 13.4. The highest BCUT2D eigenvalue weighted by molar-refractivity contribution is 9.10. The van der Waals surface area contributed by atoms with E-state index in [1.165, 1.54) is 11.6 Å². The molecule has 0 aliphatic rings. The SMILES string of the molecule is CC[C@@H](C)c1nc2ccc(Br)cc2c(=O)n1N=Cc1cc(C)n(-c2ccc(O[C@H](C)C(=O)O)cc2)c1C. The van der Waals surface area contributed by atoms with Crippen LogP contribution in [-0.4, -0.2) is 37.6 Å². The Labute approximate surface area is 223 Å². The van der Waals surface area contributed by atoms with Gasteiger partial charge in [0.15, 0.2) is 6.10 Å². The standard InChI is InChI=1S/C28H29BrN4O4/c1-6-16(2)26-31-25-12-7-21(29)14-24(25)27(34)33(26)30-15-20-13-17(3)32(18(20)4)22-8-10-23(11-9-22)37-19(5)28(35)36/h7-16,19H,6H2,1-5H3,(H,35,36)/t16-,19-/m1/s1. The van der Waals surface area contributed by atoms with Gasteiger partial charge in [0.25, 0.3) is 5.56 Å². The first kappa shape index (κ1) is 26.3. The Balaban J connectivity index is 1.72. The lowest BCUT2D eigenvalue weighted by Crippen LogP contribution is -2.23. The topological polar surface area (TPSA) is 98.7 Å². The zero-order valence-electron chi connectivity index (χ0n) is 21.4. The van der Waals surface area contributed by atoms with Gasteiger partial charge in [-0.3, -0.25) is 4.79 Å². The highest BCUT2D eigenvalue weighted by Crippen LogP contribution is 2.24. The number of carbonyl (C=O) groups is 1. The molecule has 2 heterocycles. The summed E-state index contributed by atoms with van der Waals surface area (Å²) in [6.45, 7) is 9.56. The van der Waals surface area contributed by atoms with E-state index in [9.17, 15) is 9.59 Å². The molecule has 2 aromatic heterocycles. The highest BCUT2D eigenvalue weighted by atomic mass is 79.9. The van der Waals surface area contributed by atoms with E-state index < -0.39 is 12.1 Å². The largest absolute Gasteiger partial charge is 0.479 e. The maximum Gasteiger partial charge on any atom is 0.344 e. The van der Waals surface area contributed by atoms with Crippen molar-refractivity contribution in [3.8, 4) is 11.4 Å². The van der Waals surface area contributed by atoms with E-state index in [1.807, 2.05) is 51.1 Å². The summed E-state index contributed by atoms with van der Waals surface area (Å²) in [6.07, 6.45) is 1.59. The van der Waals surface area contributed by atoms with E-state index in [2.05, 4.69) is 32.5 Å². The van der Waals surface area contributed by atoms with Crippen molar-refractivity contribution >= 4 is 39.0 Å². The first-order valence-electron chi connectivity index (χ1n) is 12.1. The number of carboxylic acids is 1. The molecular formula is C28H29BrN4O4. The first-order chi connectivity index (χ1) is 17.6. The summed E-state index contributed by atoms with van der Waals surface area (Å²) in [7, 11) is 0. The van der Waals surface area contributed by atoms with Gasteiger partial charge in [-0.2, -0.15) is 9.78 Å². The number of carboxylic acid groups (broad SMARTS) is 1. The van der Waals surface area contributed by atoms with Crippen LogP contribution in [0.1, 0.15) is 55.9 Å². The Bertz CT molecular complexity index is 1550. The summed E-state index contributed by atoms with van der Waals surface area (Å²) in [5, 5.41) is 14.2. The lowest BCUT2D eigenvalue weighted by atomic mass is 10.1. The van der Waals surface area contributed by atoms with Crippen LogP contribution < -0.4 is 10.3 Å². The molecule has 2 aromatic carbocycles. The molecule has 2 atom stereocenters. The summed E-state index contributed by atoms with van der Waals surface area (Å²) in [5.41, 5.74) is 4.15. The average molecular weight is 565 g/mol. The number of aryl methyl sites for hydroxylation is 1. The Kier molecular flexibility index (Phi) is 7.63. The van der Waals surface area contributed by atoms with Crippen molar-refractivity contribution < 1.29 is 14.6 Å². The number of hydrogen-bond donors (Lipinski definition) is 1. The second-order valence-corrected chi connectivity index (χ2v) is 9.97. The van der Waals surface area contributed by atoms with E-state index >= 15 is 0 Å². The summed E-state index contributed by atoms with van der Waals surface area (Å²) in [6, 6.07) is 14.7. The van der Waals surface area contributed by atoms with Gasteiger partial charge in [-0.1, -0.05) is 29.8 Å². The number of hydrogen-bond acceptors (Lipinski definition) is 5. The minimum Gasteiger partial charge on any atom is -0.479 e. The molecule has 0 radical (unpaired) electrons. The average Bonchev–Trinajstić information content (AvgIpc) is 3.16. The highest BCUT2D eigenvalue weighted by Gasteiger charge is 2.17. The second-order valence-electron chi connectivity index (χ2n) is 9.06. The summed E-state index contributed by atoms with van der Waals surface area (Å²) in [4.78, 5) is 29.2. The van der Waals surface area contributed by atoms with Crippen LogP contribution in [0.2, 0.25) is 0 Å². The van der Waals surface area contributed by atoms with Crippen LogP contribution in [0, 0.1) is 13.8 Å². The molecule has 0 aliphatic carbocycles. The second kappa shape index (κ2) is 10.7.